The number of halogens is 1. The molecule has 1 amide bonds. The maximum absolute atomic E-state index is 12.0. The fourth-order valence-electron chi connectivity index (χ4n) is 3.52. The number of amides is 1. The first-order chi connectivity index (χ1) is 11.2. The summed E-state index contributed by atoms with van der Waals surface area (Å²) < 4.78 is 11.6. The van der Waals surface area contributed by atoms with Crippen LogP contribution in [0.15, 0.2) is 24.3 Å². The lowest BCUT2D eigenvalue weighted by Crippen LogP contribution is -2.53. The molecule has 3 rings (SSSR count). The minimum atomic E-state index is -0.00474. The highest BCUT2D eigenvalue weighted by Crippen LogP contribution is 2.31. The first-order valence-corrected chi connectivity index (χ1v) is 8.51. The highest BCUT2D eigenvalue weighted by atomic mass is 35.5. The predicted octanol–water partition coefficient (Wildman–Crippen LogP) is 1.94. The second-order valence-corrected chi connectivity index (χ2v) is 6.55. The van der Waals surface area contributed by atoms with Gasteiger partial charge < -0.3 is 14.8 Å². The van der Waals surface area contributed by atoms with Crippen molar-refractivity contribution in [3.8, 4) is 5.75 Å². The van der Waals surface area contributed by atoms with E-state index >= 15 is 0 Å². The van der Waals surface area contributed by atoms with Gasteiger partial charge in [0.1, 0.15) is 12.4 Å². The Bertz CT molecular complexity index is 537. The minimum Gasteiger partial charge on any atom is -0.492 e. The molecule has 1 aromatic carbocycles. The van der Waals surface area contributed by atoms with Gasteiger partial charge in [-0.05, 0) is 37.1 Å². The molecule has 0 bridgehead atoms. The van der Waals surface area contributed by atoms with E-state index in [4.69, 9.17) is 21.1 Å². The number of hydrogen-bond acceptors (Lipinski definition) is 4. The average Bonchev–Trinajstić information content (AvgIpc) is 3.04. The molecule has 6 heteroatoms. The zero-order chi connectivity index (χ0) is 16.2. The van der Waals surface area contributed by atoms with Crippen molar-refractivity contribution in [3.05, 3.63) is 29.3 Å². The van der Waals surface area contributed by atoms with Crippen LogP contribution in [0.1, 0.15) is 12.8 Å². The summed E-state index contributed by atoms with van der Waals surface area (Å²) in [6.45, 7) is 2.94. The summed E-state index contributed by atoms with van der Waals surface area (Å²) in [5, 5.41) is 3.46. The summed E-state index contributed by atoms with van der Waals surface area (Å²) in [5.74, 6) is 0.908. The lowest BCUT2D eigenvalue weighted by molar-refractivity contribution is -0.129. The van der Waals surface area contributed by atoms with Crippen LogP contribution < -0.4 is 10.1 Å². The van der Waals surface area contributed by atoms with Crippen LogP contribution in [-0.2, 0) is 9.53 Å². The van der Waals surface area contributed by atoms with Crippen molar-refractivity contribution in [3.63, 3.8) is 0 Å². The number of benzene rings is 1. The largest absolute Gasteiger partial charge is 0.492 e. The summed E-state index contributed by atoms with van der Waals surface area (Å²) in [7, 11) is 1.69. The van der Waals surface area contributed by atoms with Gasteiger partial charge in [0.2, 0.25) is 5.91 Å². The molecular formula is C17H23ClN2O3. The number of fused-ring (bicyclic) bond motifs is 1. The molecule has 0 aliphatic carbocycles. The molecule has 0 saturated carbocycles. The lowest BCUT2D eigenvalue weighted by atomic mass is 9.89. The molecule has 126 valence electrons. The third-order valence-corrected chi connectivity index (χ3v) is 4.95. The molecule has 0 aromatic heterocycles. The number of carbonyl (C=O) groups is 1. The van der Waals surface area contributed by atoms with E-state index in [9.17, 15) is 4.79 Å². The second kappa shape index (κ2) is 7.51. The minimum absolute atomic E-state index is 0.00474. The maximum atomic E-state index is 12.0. The van der Waals surface area contributed by atoms with E-state index in [0.717, 1.165) is 38.3 Å². The third kappa shape index (κ3) is 3.97. The molecule has 23 heavy (non-hydrogen) atoms. The number of ether oxygens (including phenoxy) is 2. The molecule has 2 heterocycles. The van der Waals surface area contributed by atoms with Crippen LogP contribution in [0.4, 0.5) is 0 Å². The zero-order valence-corrected chi connectivity index (χ0v) is 14.1. The van der Waals surface area contributed by atoms with Crippen LogP contribution in [-0.4, -0.2) is 56.3 Å². The van der Waals surface area contributed by atoms with Crippen molar-refractivity contribution in [1.29, 1.82) is 0 Å². The summed E-state index contributed by atoms with van der Waals surface area (Å²) in [6, 6.07) is 7.78. The van der Waals surface area contributed by atoms with Gasteiger partial charge in [-0.2, -0.15) is 0 Å². The quantitative estimate of drug-likeness (QED) is 0.891. The molecule has 0 spiro atoms. The van der Waals surface area contributed by atoms with Crippen LogP contribution in [0.25, 0.3) is 0 Å². The molecular weight excluding hydrogens is 316 g/mol. The number of nitrogens with one attached hydrogen (secondary N) is 1. The van der Waals surface area contributed by atoms with Gasteiger partial charge in [0.25, 0.3) is 0 Å². The second-order valence-electron chi connectivity index (χ2n) is 6.11. The Hall–Kier alpha value is -1.30. The molecule has 2 aliphatic heterocycles. The Morgan fingerprint density at radius 3 is 2.96 bits per heavy atom. The number of hydrogen-bond donors (Lipinski definition) is 1. The number of carbonyl (C=O) groups excluding carboxylic acids is 1. The van der Waals surface area contributed by atoms with Crippen molar-refractivity contribution in [1.82, 2.24) is 10.2 Å². The molecule has 2 saturated heterocycles. The molecule has 1 N–H and O–H groups in total. The Morgan fingerprint density at radius 2 is 2.22 bits per heavy atom. The van der Waals surface area contributed by atoms with Gasteiger partial charge in [-0.15, -0.1) is 0 Å². The topological polar surface area (TPSA) is 50.8 Å². The van der Waals surface area contributed by atoms with Gasteiger partial charge in [-0.3, -0.25) is 9.69 Å². The van der Waals surface area contributed by atoms with Gasteiger partial charge in [0.05, 0.1) is 12.0 Å². The Kier molecular flexibility index (Phi) is 5.41. The molecule has 2 aliphatic rings. The fraction of sp³-hybridized carbons (Fsp3) is 0.588. The summed E-state index contributed by atoms with van der Waals surface area (Å²) in [4.78, 5) is 14.3. The Balaban J connectivity index is 1.56. The third-order valence-electron chi connectivity index (χ3n) is 4.69. The zero-order valence-electron chi connectivity index (χ0n) is 13.3. The van der Waals surface area contributed by atoms with Gasteiger partial charge >= 0.3 is 0 Å². The van der Waals surface area contributed by atoms with E-state index in [1.165, 1.54) is 0 Å². The van der Waals surface area contributed by atoms with E-state index in [2.05, 4.69) is 10.2 Å². The van der Waals surface area contributed by atoms with Crippen LogP contribution >= 0.6 is 11.6 Å². The SMILES string of the molecule is CNC(=O)[C@H]1C[C@@H]2OCC[C@@H]2N(CCOc2ccc(Cl)cc2)C1. The highest BCUT2D eigenvalue weighted by Gasteiger charge is 2.41. The predicted molar refractivity (Wildman–Crippen MR) is 88.8 cm³/mol. The molecule has 3 atom stereocenters. The van der Waals surface area contributed by atoms with Crippen molar-refractivity contribution in [2.75, 3.05) is 33.4 Å². The fourth-order valence-corrected chi connectivity index (χ4v) is 3.64. The summed E-state index contributed by atoms with van der Waals surface area (Å²) in [5.41, 5.74) is 0. The van der Waals surface area contributed by atoms with E-state index in [-0.39, 0.29) is 17.9 Å². The van der Waals surface area contributed by atoms with Crippen LogP contribution in [0, 0.1) is 5.92 Å². The smallest absolute Gasteiger partial charge is 0.224 e. The monoisotopic (exact) mass is 338 g/mol. The summed E-state index contributed by atoms with van der Waals surface area (Å²) in [6.07, 6.45) is 2.02. The van der Waals surface area contributed by atoms with Crippen molar-refractivity contribution < 1.29 is 14.3 Å². The van der Waals surface area contributed by atoms with Crippen LogP contribution in [0.2, 0.25) is 5.02 Å². The first-order valence-electron chi connectivity index (χ1n) is 8.13. The van der Waals surface area contributed by atoms with Gasteiger partial charge in [-0.25, -0.2) is 0 Å². The maximum Gasteiger partial charge on any atom is 0.224 e. The van der Waals surface area contributed by atoms with Crippen LogP contribution in [0.3, 0.4) is 0 Å². The molecule has 0 radical (unpaired) electrons. The highest BCUT2D eigenvalue weighted by molar-refractivity contribution is 6.30. The van der Waals surface area contributed by atoms with Gasteiger partial charge in [-0.1, -0.05) is 11.6 Å². The molecule has 2 fully saturated rings. The Morgan fingerprint density at radius 1 is 1.43 bits per heavy atom. The van der Waals surface area contributed by atoms with Crippen LogP contribution in [0.5, 0.6) is 5.75 Å². The van der Waals surface area contributed by atoms with E-state index in [1.807, 2.05) is 24.3 Å². The number of nitrogens with zero attached hydrogens (tertiary/aromatic N) is 1. The van der Waals surface area contributed by atoms with Gasteiger partial charge in [0, 0.05) is 37.8 Å². The molecule has 1 aromatic rings. The lowest BCUT2D eigenvalue weighted by Gasteiger charge is -2.40. The van der Waals surface area contributed by atoms with E-state index in [1.54, 1.807) is 7.05 Å². The average molecular weight is 339 g/mol. The normalized spacial score (nSPS) is 27.5. The Labute approximate surface area is 141 Å². The molecule has 5 nitrogen and oxygen atoms in total. The van der Waals surface area contributed by atoms with Crippen molar-refractivity contribution in [2.45, 2.75) is 25.0 Å². The summed E-state index contributed by atoms with van der Waals surface area (Å²) >= 11 is 5.87. The standard InChI is InChI=1S/C17H23ClN2O3/c1-19-17(21)12-10-16-15(6-8-23-16)20(11-12)7-9-22-14-4-2-13(18)3-5-14/h2-5,12,15-16H,6-11H2,1H3,(H,19,21)/t12-,15-,16-/m0/s1. The van der Waals surface area contributed by atoms with E-state index < -0.39 is 0 Å². The van der Waals surface area contributed by atoms with Gasteiger partial charge in [0.15, 0.2) is 0 Å². The van der Waals surface area contributed by atoms with Crippen molar-refractivity contribution >= 4 is 17.5 Å². The number of rotatable bonds is 5. The number of likely N-dealkylation sites (tertiary alicyclic amines) is 1. The van der Waals surface area contributed by atoms with Crippen molar-refractivity contribution in [2.24, 2.45) is 5.92 Å². The first kappa shape index (κ1) is 16.6. The number of piperidine rings is 1. The van der Waals surface area contributed by atoms with E-state index in [0.29, 0.717) is 17.7 Å². The molecule has 0 unspecified atom stereocenters.